The number of hydrogen-bond acceptors (Lipinski definition) is 2. The summed E-state index contributed by atoms with van der Waals surface area (Å²) in [5, 5.41) is 10.5. The van der Waals surface area contributed by atoms with Gasteiger partial charge in [-0.25, -0.2) is 0 Å². The summed E-state index contributed by atoms with van der Waals surface area (Å²) >= 11 is 0. The second-order valence-corrected chi connectivity index (χ2v) is 3.99. The van der Waals surface area contributed by atoms with E-state index in [2.05, 4.69) is 6.07 Å². The molecule has 0 saturated heterocycles. The van der Waals surface area contributed by atoms with Gasteiger partial charge in [-0.15, -0.1) is 0 Å². The second kappa shape index (κ2) is 3.17. The fraction of sp³-hybridized carbons (Fsp3) is 0.400. The fourth-order valence-corrected chi connectivity index (χ4v) is 0.998. The summed E-state index contributed by atoms with van der Waals surface area (Å²) in [6.45, 7) is 6.04. The molecule has 0 N–H and O–H groups in total. The molecule has 0 heterocycles. The molecule has 0 aliphatic carbocycles. The highest BCUT2D eigenvalue weighted by atomic mass is 16.6. The highest BCUT2D eigenvalue weighted by Gasteiger charge is 2.16. The lowest BCUT2D eigenvalue weighted by atomic mass is 9.87. The van der Waals surface area contributed by atoms with E-state index in [0.29, 0.717) is 0 Å². The first-order valence-electron chi connectivity index (χ1n) is 4.07. The maximum atomic E-state index is 10.5. The third-order valence-corrected chi connectivity index (χ3v) is 1.85. The van der Waals surface area contributed by atoms with Gasteiger partial charge in [0.15, 0.2) is 0 Å². The van der Waals surface area contributed by atoms with Crippen LogP contribution in [-0.4, -0.2) is 4.92 Å². The number of non-ortho nitro benzene ring substituents is 1. The lowest BCUT2D eigenvalue weighted by Gasteiger charge is -2.17. The van der Waals surface area contributed by atoms with Crippen molar-refractivity contribution in [2.45, 2.75) is 26.2 Å². The molecule has 0 unspecified atom stereocenters. The minimum atomic E-state index is -0.397. The van der Waals surface area contributed by atoms with Gasteiger partial charge in [0, 0.05) is 12.1 Å². The Kier molecular flexibility index (Phi) is 2.36. The highest BCUT2D eigenvalue weighted by Crippen LogP contribution is 2.24. The first kappa shape index (κ1) is 9.71. The molecule has 1 aromatic rings. The van der Waals surface area contributed by atoms with Gasteiger partial charge in [0.1, 0.15) is 0 Å². The van der Waals surface area contributed by atoms with Crippen molar-refractivity contribution in [2.75, 3.05) is 0 Å². The standard InChI is InChI=1S/C10H12NO2/c1-10(2,3)8-5-4-6-9(7-8)11(12)13/h5-7H,1-3H3. The van der Waals surface area contributed by atoms with Crippen LogP contribution in [0.1, 0.15) is 26.3 Å². The third kappa shape index (κ3) is 2.28. The van der Waals surface area contributed by atoms with Crippen LogP contribution in [0.5, 0.6) is 0 Å². The van der Waals surface area contributed by atoms with E-state index < -0.39 is 4.92 Å². The minimum absolute atomic E-state index is 0.0669. The molecule has 69 valence electrons. The van der Waals surface area contributed by atoms with Crippen molar-refractivity contribution >= 4 is 5.69 Å². The Morgan fingerprint density at radius 3 is 2.46 bits per heavy atom. The quantitative estimate of drug-likeness (QED) is 0.490. The molecule has 0 bridgehead atoms. The zero-order chi connectivity index (χ0) is 10.1. The first-order valence-corrected chi connectivity index (χ1v) is 4.07. The Labute approximate surface area is 77.5 Å². The van der Waals surface area contributed by atoms with Gasteiger partial charge >= 0.3 is 0 Å². The predicted molar refractivity (Wildman–Crippen MR) is 50.6 cm³/mol. The van der Waals surface area contributed by atoms with E-state index in [1.54, 1.807) is 12.1 Å². The molecular formula is C10H12NO2. The first-order chi connectivity index (χ1) is 5.91. The molecule has 0 atom stereocenters. The number of rotatable bonds is 1. The van der Waals surface area contributed by atoms with Crippen molar-refractivity contribution in [3.05, 3.63) is 39.9 Å². The number of nitrogens with zero attached hydrogens (tertiary/aromatic N) is 1. The number of hydrogen-bond donors (Lipinski definition) is 0. The van der Waals surface area contributed by atoms with Crippen molar-refractivity contribution in [3.8, 4) is 0 Å². The van der Waals surface area contributed by atoms with Crippen LogP contribution in [0.3, 0.4) is 0 Å². The average Bonchev–Trinajstić information content (AvgIpc) is 2.03. The van der Waals surface area contributed by atoms with Crippen molar-refractivity contribution < 1.29 is 4.92 Å². The molecule has 0 aliphatic rings. The van der Waals surface area contributed by atoms with Crippen LogP contribution in [0.2, 0.25) is 0 Å². The largest absolute Gasteiger partial charge is 0.270 e. The van der Waals surface area contributed by atoms with Crippen molar-refractivity contribution in [2.24, 2.45) is 0 Å². The molecule has 0 aromatic heterocycles. The lowest BCUT2D eigenvalue weighted by Crippen LogP contribution is -2.11. The zero-order valence-corrected chi connectivity index (χ0v) is 8.00. The molecule has 1 aromatic carbocycles. The second-order valence-electron chi connectivity index (χ2n) is 3.99. The normalized spacial score (nSPS) is 11.3. The topological polar surface area (TPSA) is 43.1 Å². The van der Waals surface area contributed by atoms with Gasteiger partial charge in [0.25, 0.3) is 5.69 Å². The minimum Gasteiger partial charge on any atom is -0.258 e. The van der Waals surface area contributed by atoms with Crippen LogP contribution in [0.25, 0.3) is 0 Å². The monoisotopic (exact) mass is 178 g/mol. The maximum absolute atomic E-state index is 10.5. The van der Waals surface area contributed by atoms with Gasteiger partial charge < -0.3 is 0 Å². The summed E-state index contributed by atoms with van der Waals surface area (Å²) in [5.74, 6) is 0. The molecule has 0 amide bonds. The van der Waals surface area contributed by atoms with Gasteiger partial charge in [0.05, 0.1) is 4.92 Å². The van der Waals surface area contributed by atoms with Crippen molar-refractivity contribution in [1.29, 1.82) is 0 Å². The summed E-state index contributed by atoms with van der Waals surface area (Å²) in [5.41, 5.74) is 0.969. The van der Waals surface area contributed by atoms with E-state index in [1.807, 2.05) is 20.8 Å². The van der Waals surface area contributed by atoms with Crippen LogP contribution >= 0.6 is 0 Å². The summed E-state index contributed by atoms with van der Waals surface area (Å²) in [6, 6.07) is 7.54. The van der Waals surface area contributed by atoms with E-state index in [-0.39, 0.29) is 11.1 Å². The SMILES string of the molecule is CC(C)(C)c1c[c]cc([N+](=O)[O-])c1. The lowest BCUT2D eigenvalue weighted by molar-refractivity contribution is -0.385. The Hall–Kier alpha value is -1.38. The summed E-state index contributed by atoms with van der Waals surface area (Å²) in [7, 11) is 0. The van der Waals surface area contributed by atoms with Crippen LogP contribution in [-0.2, 0) is 5.41 Å². The van der Waals surface area contributed by atoms with Crippen LogP contribution < -0.4 is 0 Å². The van der Waals surface area contributed by atoms with E-state index >= 15 is 0 Å². The fourth-order valence-electron chi connectivity index (χ4n) is 0.998. The maximum Gasteiger partial charge on any atom is 0.270 e. The molecular weight excluding hydrogens is 166 g/mol. The van der Waals surface area contributed by atoms with E-state index in [9.17, 15) is 10.1 Å². The smallest absolute Gasteiger partial charge is 0.258 e. The molecule has 0 fully saturated rings. The van der Waals surface area contributed by atoms with Gasteiger partial charge in [-0.1, -0.05) is 26.8 Å². The third-order valence-electron chi connectivity index (χ3n) is 1.85. The van der Waals surface area contributed by atoms with Crippen molar-refractivity contribution in [1.82, 2.24) is 0 Å². The van der Waals surface area contributed by atoms with Crippen LogP contribution in [0.4, 0.5) is 5.69 Å². The molecule has 13 heavy (non-hydrogen) atoms. The average molecular weight is 178 g/mol. The molecule has 0 saturated carbocycles. The molecule has 1 radical (unpaired) electrons. The number of nitro groups is 1. The summed E-state index contributed by atoms with van der Waals surface area (Å²) in [4.78, 5) is 10.1. The zero-order valence-electron chi connectivity index (χ0n) is 8.00. The highest BCUT2D eigenvalue weighted by molar-refractivity contribution is 5.36. The Balaban J connectivity index is 3.13. The Morgan fingerprint density at radius 2 is 2.00 bits per heavy atom. The molecule has 0 aliphatic heterocycles. The van der Waals surface area contributed by atoms with Gasteiger partial charge in [-0.05, 0) is 17.0 Å². The Bertz CT molecular complexity index is 326. The van der Waals surface area contributed by atoms with Gasteiger partial charge in [-0.2, -0.15) is 0 Å². The molecule has 3 nitrogen and oxygen atoms in total. The number of benzene rings is 1. The Morgan fingerprint density at radius 1 is 1.38 bits per heavy atom. The number of nitro benzene ring substituents is 1. The van der Waals surface area contributed by atoms with Gasteiger partial charge in [0.2, 0.25) is 0 Å². The van der Waals surface area contributed by atoms with E-state index in [1.165, 1.54) is 6.07 Å². The molecule has 1 rings (SSSR count). The van der Waals surface area contributed by atoms with E-state index in [0.717, 1.165) is 5.56 Å². The molecule has 3 heteroatoms. The summed E-state index contributed by atoms with van der Waals surface area (Å²) in [6.07, 6.45) is 0. The predicted octanol–water partition coefficient (Wildman–Crippen LogP) is 2.69. The molecule has 0 spiro atoms. The van der Waals surface area contributed by atoms with E-state index in [4.69, 9.17) is 0 Å². The van der Waals surface area contributed by atoms with Crippen molar-refractivity contribution in [3.63, 3.8) is 0 Å². The summed E-state index contributed by atoms with van der Waals surface area (Å²) < 4.78 is 0. The van der Waals surface area contributed by atoms with Gasteiger partial charge in [-0.3, -0.25) is 10.1 Å². The van der Waals surface area contributed by atoms with Crippen LogP contribution in [0.15, 0.2) is 18.2 Å². The van der Waals surface area contributed by atoms with Crippen LogP contribution in [0, 0.1) is 16.2 Å².